The first-order valence-corrected chi connectivity index (χ1v) is 6.80. The van der Waals surface area contributed by atoms with E-state index < -0.39 is 5.82 Å². The van der Waals surface area contributed by atoms with Crippen LogP contribution in [0.15, 0.2) is 18.2 Å². The molecule has 1 rings (SSSR count). The summed E-state index contributed by atoms with van der Waals surface area (Å²) in [5, 5.41) is 14.1. The fourth-order valence-electron chi connectivity index (χ4n) is 1.59. The molecule has 0 fully saturated rings. The molecule has 0 aromatic heterocycles. The van der Waals surface area contributed by atoms with Crippen LogP contribution in [0.2, 0.25) is 0 Å². The van der Waals surface area contributed by atoms with Crippen LogP contribution >= 0.6 is 0 Å². The third-order valence-electron chi connectivity index (χ3n) is 2.57. The minimum absolute atomic E-state index is 0.202. The Hall–Kier alpha value is -2.13. The van der Waals surface area contributed by atoms with E-state index >= 15 is 0 Å². The minimum Gasteiger partial charge on any atom is -0.484 e. The molecule has 0 heterocycles. The molecule has 6 heteroatoms. The summed E-state index contributed by atoms with van der Waals surface area (Å²) in [7, 11) is 0. The van der Waals surface area contributed by atoms with Gasteiger partial charge in [0, 0.05) is 25.2 Å². The number of hydrogen-bond donors (Lipinski definition) is 2. The van der Waals surface area contributed by atoms with Gasteiger partial charge in [-0.25, -0.2) is 4.39 Å². The summed E-state index contributed by atoms with van der Waals surface area (Å²) in [5.74, 6) is -0.430. The number of ether oxygens (including phenoxy) is 1. The standard InChI is InChI=1S/C15H20FN3O2/c1-11(2)19-9-12-6-13(16)8-14(7-12)21-10-15(20)18-5-3-4-17/h6-8,11,19H,3,5,9-10H2,1-2H3,(H,18,20). The zero-order valence-electron chi connectivity index (χ0n) is 12.3. The van der Waals surface area contributed by atoms with Crippen molar-refractivity contribution in [2.75, 3.05) is 13.2 Å². The lowest BCUT2D eigenvalue weighted by atomic mass is 10.2. The van der Waals surface area contributed by atoms with E-state index in [2.05, 4.69) is 10.6 Å². The van der Waals surface area contributed by atoms with Gasteiger partial charge >= 0.3 is 0 Å². The van der Waals surface area contributed by atoms with Gasteiger partial charge in [-0.1, -0.05) is 13.8 Å². The van der Waals surface area contributed by atoms with Crippen LogP contribution in [0, 0.1) is 17.1 Å². The van der Waals surface area contributed by atoms with Gasteiger partial charge in [-0.05, 0) is 17.7 Å². The number of hydrogen-bond acceptors (Lipinski definition) is 4. The number of benzene rings is 1. The van der Waals surface area contributed by atoms with Crippen LogP contribution in [0.1, 0.15) is 25.8 Å². The lowest BCUT2D eigenvalue weighted by molar-refractivity contribution is -0.123. The van der Waals surface area contributed by atoms with E-state index in [9.17, 15) is 9.18 Å². The highest BCUT2D eigenvalue weighted by Crippen LogP contribution is 2.16. The van der Waals surface area contributed by atoms with Crippen molar-refractivity contribution >= 4 is 5.91 Å². The average molecular weight is 293 g/mol. The zero-order chi connectivity index (χ0) is 15.7. The minimum atomic E-state index is -0.405. The molecule has 0 aliphatic carbocycles. The van der Waals surface area contributed by atoms with Gasteiger partial charge in [-0.15, -0.1) is 0 Å². The van der Waals surface area contributed by atoms with E-state index in [0.717, 1.165) is 5.56 Å². The Morgan fingerprint density at radius 2 is 2.19 bits per heavy atom. The molecule has 1 amide bonds. The molecule has 0 aliphatic heterocycles. The normalized spacial score (nSPS) is 10.2. The van der Waals surface area contributed by atoms with Gasteiger partial charge in [-0.3, -0.25) is 4.79 Å². The second-order valence-corrected chi connectivity index (χ2v) is 4.88. The number of carbonyl (C=O) groups is 1. The molecule has 1 aromatic carbocycles. The number of carbonyl (C=O) groups excluding carboxylic acids is 1. The zero-order valence-corrected chi connectivity index (χ0v) is 12.3. The Bertz CT molecular complexity index is 512. The summed E-state index contributed by atoms with van der Waals surface area (Å²) < 4.78 is 18.7. The molecule has 0 saturated carbocycles. The SMILES string of the molecule is CC(C)NCc1cc(F)cc(OCC(=O)NCCC#N)c1. The predicted octanol–water partition coefficient (Wildman–Crippen LogP) is 1.73. The highest BCUT2D eigenvalue weighted by molar-refractivity contribution is 5.77. The molecule has 1 aromatic rings. The second-order valence-electron chi connectivity index (χ2n) is 4.88. The molecule has 0 aliphatic rings. The van der Waals surface area contributed by atoms with E-state index in [1.807, 2.05) is 19.9 Å². The third kappa shape index (κ3) is 7.28. The molecule has 114 valence electrons. The fraction of sp³-hybridized carbons (Fsp3) is 0.467. The number of nitrogens with zero attached hydrogens (tertiary/aromatic N) is 1. The van der Waals surface area contributed by atoms with E-state index in [1.165, 1.54) is 12.1 Å². The van der Waals surface area contributed by atoms with Gasteiger partial charge in [0.05, 0.1) is 12.5 Å². The summed E-state index contributed by atoms with van der Waals surface area (Å²) in [4.78, 5) is 11.4. The predicted molar refractivity (Wildman–Crippen MR) is 77.1 cm³/mol. The first kappa shape index (κ1) is 16.9. The molecule has 5 nitrogen and oxygen atoms in total. The molecule has 0 bridgehead atoms. The van der Waals surface area contributed by atoms with Gasteiger partial charge < -0.3 is 15.4 Å². The molecular weight excluding hydrogens is 273 g/mol. The smallest absolute Gasteiger partial charge is 0.257 e. The van der Waals surface area contributed by atoms with Crippen LogP contribution in [-0.4, -0.2) is 25.1 Å². The van der Waals surface area contributed by atoms with E-state index in [1.54, 1.807) is 6.07 Å². The van der Waals surface area contributed by atoms with Crippen molar-refractivity contribution in [1.82, 2.24) is 10.6 Å². The monoisotopic (exact) mass is 293 g/mol. The maximum Gasteiger partial charge on any atom is 0.257 e. The number of amides is 1. The van der Waals surface area contributed by atoms with Crippen molar-refractivity contribution in [3.8, 4) is 11.8 Å². The van der Waals surface area contributed by atoms with Crippen molar-refractivity contribution in [2.24, 2.45) is 0 Å². The Kier molecular flexibility index (Phi) is 7.19. The lowest BCUT2D eigenvalue weighted by Crippen LogP contribution is -2.29. The quantitative estimate of drug-likeness (QED) is 0.716. The van der Waals surface area contributed by atoms with Gasteiger partial charge in [-0.2, -0.15) is 5.26 Å². The molecule has 0 spiro atoms. The molecular formula is C15H20FN3O2. The Balaban J connectivity index is 2.51. The topological polar surface area (TPSA) is 74.2 Å². The summed E-state index contributed by atoms with van der Waals surface area (Å²) >= 11 is 0. The summed E-state index contributed by atoms with van der Waals surface area (Å²) in [6.45, 7) is 4.61. The number of nitriles is 1. The molecule has 0 unspecified atom stereocenters. The van der Waals surface area contributed by atoms with Crippen LogP contribution in [0.25, 0.3) is 0 Å². The first-order valence-electron chi connectivity index (χ1n) is 6.80. The maximum atomic E-state index is 13.5. The first-order chi connectivity index (χ1) is 10.0. The van der Waals surface area contributed by atoms with Crippen molar-refractivity contribution in [3.05, 3.63) is 29.6 Å². The van der Waals surface area contributed by atoms with Gasteiger partial charge in [0.15, 0.2) is 6.61 Å². The Morgan fingerprint density at radius 1 is 1.43 bits per heavy atom. The third-order valence-corrected chi connectivity index (χ3v) is 2.57. The molecule has 0 atom stereocenters. The second kappa shape index (κ2) is 8.93. The van der Waals surface area contributed by atoms with Gasteiger partial charge in [0.1, 0.15) is 11.6 Å². The van der Waals surface area contributed by atoms with Crippen molar-refractivity contribution in [1.29, 1.82) is 5.26 Å². The van der Waals surface area contributed by atoms with Gasteiger partial charge in [0.2, 0.25) is 0 Å². The Labute approximate surface area is 124 Å². The van der Waals surface area contributed by atoms with Crippen molar-refractivity contribution < 1.29 is 13.9 Å². The molecule has 0 radical (unpaired) electrons. The van der Waals surface area contributed by atoms with E-state index in [0.29, 0.717) is 18.3 Å². The molecule has 2 N–H and O–H groups in total. The number of rotatable bonds is 8. The Morgan fingerprint density at radius 3 is 2.86 bits per heavy atom. The summed E-state index contributed by atoms with van der Waals surface area (Å²) in [5.41, 5.74) is 0.753. The van der Waals surface area contributed by atoms with Crippen LogP contribution in [-0.2, 0) is 11.3 Å². The van der Waals surface area contributed by atoms with Crippen LogP contribution in [0.3, 0.4) is 0 Å². The van der Waals surface area contributed by atoms with Gasteiger partial charge in [0.25, 0.3) is 5.91 Å². The molecule has 21 heavy (non-hydrogen) atoms. The average Bonchev–Trinajstić information content (AvgIpc) is 2.43. The van der Waals surface area contributed by atoms with Crippen LogP contribution in [0.5, 0.6) is 5.75 Å². The van der Waals surface area contributed by atoms with E-state index in [4.69, 9.17) is 10.00 Å². The molecule has 0 saturated heterocycles. The maximum absolute atomic E-state index is 13.5. The van der Waals surface area contributed by atoms with E-state index in [-0.39, 0.29) is 25.5 Å². The number of halogens is 1. The van der Waals surface area contributed by atoms with Crippen LogP contribution in [0.4, 0.5) is 4.39 Å². The number of nitrogens with one attached hydrogen (secondary N) is 2. The highest BCUT2D eigenvalue weighted by atomic mass is 19.1. The van der Waals surface area contributed by atoms with Crippen molar-refractivity contribution in [2.45, 2.75) is 32.9 Å². The lowest BCUT2D eigenvalue weighted by Gasteiger charge is -2.11. The van der Waals surface area contributed by atoms with Crippen molar-refractivity contribution in [3.63, 3.8) is 0 Å². The highest BCUT2D eigenvalue weighted by Gasteiger charge is 2.06. The van der Waals surface area contributed by atoms with Crippen LogP contribution < -0.4 is 15.4 Å². The largest absolute Gasteiger partial charge is 0.484 e. The summed E-state index contributed by atoms with van der Waals surface area (Å²) in [6, 6.07) is 6.58. The summed E-state index contributed by atoms with van der Waals surface area (Å²) in [6.07, 6.45) is 0.247. The fourth-order valence-corrected chi connectivity index (χ4v) is 1.59.